The second-order valence-corrected chi connectivity index (χ2v) is 6.97. The Kier molecular flexibility index (Phi) is 3.59. The predicted octanol–water partition coefficient (Wildman–Crippen LogP) is 2.43. The average molecular weight is 286 g/mol. The molecule has 3 aliphatic rings. The lowest BCUT2D eigenvalue weighted by molar-refractivity contribution is 0.0154. The molecule has 2 saturated heterocycles. The standard InChI is InChI=1S/C17H26N4/c1-2-20-12-14(10-18-20)11-19-9-7-17-15(13-19)4-3-8-21(17)16-5-6-16/h2,10,12,15-17H,1,3-9,11,13H2/t15-,17+/m0/s1. The van der Waals surface area contributed by atoms with Crippen molar-refractivity contribution in [3.8, 4) is 0 Å². The number of nitrogens with zero attached hydrogens (tertiary/aromatic N) is 4. The van der Waals surface area contributed by atoms with Gasteiger partial charge in [0.05, 0.1) is 6.20 Å². The smallest absolute Gasteiger partial charge is 0.0539 e. The van der Waals surface area contributed by atoms with Gasteiger partial charge < -0.3 is 0 Å². The summed E-state index contributed by atoms with van der Waals surface area (Å²) in [7, 11) is 0. The number of likely N-dealkylation sites (tertiary alicyclic amines) is 2. The van der Waals surface area contributed by atoms with E-state index in [4.69, 9.17) is 0 Å². The van der Waals surface area contributed by atoms with Gasteiger partial charge >= 0.3 is 0 Å². The molecule has 0 radical (unpaired) electrons. The van der Waals surface area contributed by atoms with Gasteiger partial charge in [-0.3, -0.25) is 9.80 Å². The Labute approximate surface area is 127 Å². The van der Waals surface area contributed by atoms with Crippen LogP contribution in [0.5, 0.6) is 0 Å². The molecule has 1 saturated carbocycles. The SMILES string of the molecule is C=Cn1cc(CN2CC[C@@H]3[C@@H](CCCN3C3CC3)C2)cn1. The molecule has 21 heavy (non-hydrogen) atoms. The molecule has 4 nitrogen and oxygen atoms in total. The van der Waals surface area contributed by atoms with Crippen LogP contribution < -0.4 is 0 Å². The molecule has 0 amide bonds. The zero-order valence-electron chi connectivity index (χ0n) is 12.8. The fourth-order valence-corrected chi connectivity index (χ4v) is 4.34. The molecule has 0 spiro atoms. The second-order valence-electron chi connectivity index (χ2n) is 6.97. The molecule has 0 unspecified atom stereocenters. The lowest BCUT2D eigenvalue weighted by atomic mass is 9.83. The first-order valence-electron chi connectivity index (χ1n) is 8.47. The van der Waals surface area contributed by atoms with Crippen LogP contribution in [0.2, 0.25) is 0 Å². The van der Waals surface area contributed by atoms with Gasteiger partial charge in [0, 0.05) is 43.1 Å². The molecule has 1 aromatic rings. The summed E-state index contributed by atoms with van der Waals surface area (Å²) in [5.41, 5.74) is 1.31. The largest absolute Gasteiger partial charge is 0.299 e. The van der Waals surface area contributed by atoms with E-state index in [2.05, 4.69) is 27.7 Å². The van der Waals surface area contributed by atoms with E-state index in [0.29, 0.717) is 0 Å². The molecule has 4 rings (SSSR count). The van der Waals surface area contributed by atoms with Crippen LogP contribution in [-0.4, -0.2) is 51.3 Å². The van der Waals surface area contributed by atoms with Gasteiger partial charge in [-0.25, -0.2) is 4.68 Å². The number of piperidine rings is 2. The van der Waals surface area contributed by atoms with Crippen molar-refractivity contribution in [3.63, 3.8) is 0 Å². The summed E-state index contributed by atoms with van der Waals surface area (Å²) in [5.74, 6) is 0.891. The van der Waals surface area contributed by atoms with E-state index >= 15 is 0 Å². The van der Waals surface area contributed by atoms with Gasteiger partial charge in [0.15, 0.2) is 0 Å². The normalized spacial score (nSPS) is 31.0. The number of fused-ring (bicyclic) bond motifs is 1. The van der Waals surface area contributed by atoms with Crippen molar-refractivity contribution in [2.75, 3.05) is 19.6 Å². The molecular weight excluding hydrogens is 260 g/mol. The first-order valence-corrected chi connectivity index (χ1v) is 8.47. The third-order valence-corrected chi connectivity index (χ3v) is 5.46. The molecule has 0 bridgehead atoms. The Morgan fingerprint density at radius 3 is 2.90 bits per heavy atom. The Morgan fingerprint density at radius 2 is 2.14 bits per heavy atom. The zero-order chi connectivity index (χ0) is 14.2. The van der Waals surface area contributed by atoms with Crippen LogP contribution in [0, 0.1) is 5.92 Å². The van der Waals surface area contributed by atoms with Crippen molar-refractivity contribution < 1.29 is 0 Å². The molecule has 1 aliphatic carbocycles. The minimum Gasteiger partial charge on any atom is -0.299 e. The summed E-state index contributed by atoms with van der Waals surface area (Å²) < 4.78 is 1.80. The summed E-state index contributed by atoms with van der Waals surface area (Å²) in [5, 5.41) is 4.29. The van der Waals surface area contributed by atoms with Crippen LogP contribution in [0.15, 0.2) is 19.0 Å². The third-order valence-electron chi connectivity index (χ3n) is 5.46. The average Bonchev–Trinajstić information content (AvgIpc) is 3.26. The molecule has 2 aliphatic heterocycles. The second kappa shape index (κ2) is 5.58. The minimum absolute atomic E-state index is 0.874. The highest BCUT2D eigenvalue weighted by Gasteiger charge is 2.41. The Bertz CT molecular complexity index is 505. The molecule has 3 fully saturated rings. The highest BCUT2D eigenvalue weighted by Crippen LogP contribution is 2.38. The van der Waals surface area contributed by atoms with E-state index in [1.807, 2.05) is 6.20 Å². The van der Waals surface area contributed by atoms with E-state index in [0.717, 1.165) is 24.5 Å². The Balaban J connectivity index is 1.38. The summed E-state index contributed by atoms with van der Waals surface area (Å²) in [6, 6.07) is 1.81. The highest BCUT2D eigenvalue weighted by atomic mass is 15.3. The maximum atomic E-state index is 4.29. The Hall–Kier alpha value is -1.13. The third kappa shape index (κ3) is 2.79. The van der Waals surface area contributed by atoms with Crippen LogP contribution in [0.25, 0.3) is 6.20 Å². The molecule has 0 N–H and O–H groups in total. The topological polar surface area (TPSA) is 24.3 Å². The summed E-state index contributed by atoms with van der Waals surface area (Å²) in [6.45, 7) is 8.67. The number of hydrogen-bond acceptors (Lipinski definition) is 3. The predicted molar refractivity (Wildman–Crippen MR) is 84.7 cm³/mol. The summed E-state index contributed by atoms with van der Waals surface area (Å²) >= 11 is 0. The van der Waals surface area contributed by atoms with Crippen LogP contribution >= 0.6 is 0 Å². The number of rotatable bonds is 4. The first kappa shape index (κ1) is 13.5. The fourth-order valence-electron chi connectivity index (χ4n) is 4.34. The summed E-state index contributed by atoms with van der Waals surface area (Å²) in [6.07, 6.45) is 12.9. The van der Waals surface area contributed by atoms with Gasteiger partial charge in [-0.2, -0.15) is 5.10 Å². The summed E-state index contributed by atoms with van der Waals surface area (Å²) in [4.78, 5) is 5.48. The molecular formula is C17H26N4. The molecule has 114 valence electrons. The van der Waals surface area contributed by atoms with E-state index in [1.54, 1.807) is 10.9 Å². The lowest BCUT2D eigenvalue weighted by Gasteiger charge is -2.47. The highest BCUT2D eigenvalue weighted by molar-refractivity contribution is 5.17. The van der Waals surface area contributed by atoms with Crippen molar-refractivity contribution in [3.05, 3.63) is 24.5 Å². The maximum Gasteiger partial charge on any atom is 0.0539 e. The lowest BCUT2D eigenvalue weighted by Crippen LogP contribution is -2.54. The van der Waals surface area contributed by atoms with E-state index < -0.39 is 0 Å². The van der Waals surface area contributed by atoms with Gasteiger partial charge in [-0.1, -0.05) is 6.58 Å². The van der Waals surface area contributed by atoms with Gasteiger partial charge in [-0.15, -0.1) is 0 Å². The van der Waals surface area contributed by atoms with Gasteiger partial charge in [0.2, 0.25) is 0 Å². The minimum atomic E-state index is 0.874. The molecule has 3 heterocycles. The molecule has 0 aromatic carbocycles. The molecule has 2 atom stereocenters. The van der Waals surface area contributed by atoms with Crippen molar-refractivity contribution >= 4 is 6.20 Å². The Morgan fingerprint density at radius 1 is 1.24 bits per heavy atom. The van der Waals surface area contributed by atoms with E-state index in [1.165, 1.54) is 57.3 Å². The van der Waals surface area contributed by atoms with Crippen LogP contribution in [0.1, 0.15) is 37.7 Å². The first-order chi connectivity index (χ1) is 10.3. The monoisotopic (exact) mass is 286 g/mol. The van der Waals surface area contributed by atoms with Crippen LogP contribution in [0.4, 0.5) is 0 Å². The van der Waals surface area contributed by atoms with E-state index in [9.17, 15) is 0 Å². The fraction of sp³-hybridized carbons (Fsp3) is 0.706. The van der Waals surface area contributed by atoms with Gasteiger partial charge in [-0.05, 0) is 51.1 Å². The van der Waals surface area contributed by atoms with E-state index in [-0.39, 0.29) is 0 Å². The maximum absolute atomic E-state index is 4.29. The molecule has 4 heteroatoms. The van der Waals surface area contributed by atoms with Crippen molar-refractivity contribution in [1.29, 1.82) is 0 Å². The van der Waals surface area contributed by atoms with Crippen LogP contribution in [0.3, 0.4) is 0 Å². The van der Waals surface area contributed by atoms with Gasteiger partial charge in [0.1, 0.15) is 0 Å². The van der Waals surface area contributed by atoms with Gasteiger partial charge in [0.25, 0.3) is 0 Å². The number of aromatic nitrogens is 2. The van der Waals surface area contributed by atoms with Crippen molar-refractivity contribution in [2.45, 2.75) is 50.7 Å². The van der Waals surface area contributed by atoms with Crippen LogP contribution in [-0.2, 0) is 6.54 Å². The van der Waals surface area contributed by atoms with Crippen molar-refractivity contribution in [2.24, 2.45) is 5.92 Å². The van der Waals surface area contributed by atoms with Crippen molar-refractivity contribution in [1.82, 2.24) is 19.6 Å². The zero-order valence-corrected chi connectivity index (χ0v) is 12.8. The quantitative estimate of drug-likeness (QED) is 0.849. The number of hydrogen-bond donors (Lipinski definition) is 0. The molecule has 1 aromatic heterocycles.